The summed E-state index contributed by atoms with van der Waals surface area (Å²) >= 11 is 1.70. The van der Waals surface area contributed by atoms with Crippen molar-refractivity contribution >= 4 is 38.3 Å². The molecule has 0 atom stereocenters. The van der Waals surface area contributed by atoms with Crippen LogP contribution in [-0.4, -0.2) is 49.8 Å². The van der Waals surface area contributed by atoms with E-state index in [1.807, 2.05) is 18.2 Å². The van der Waals surface area contributed by atoms with E-state index in [2.05, 4.69) is 15.5 Å². The van der Waals surface area contributed by atoms with Gasteiger partial charge in [0.25, 0.3) is 5.91 Å². The molecule has 7 heteroatoms. The van der Waals surface area contributed by atoms with Crippen LogP contribution in [0.4, 0.5) is 10.8 Å². The number of piperidine rings is 1. The number of carbonyl (C=O) groups is 1. The molecular formula is C18H24N4O2S. The fourth-order valence-corrected chi connectivity index (χ4v) is 4.69. The van der Waals surface area contributed by atoms with Crippen LogP contribution in [0.15, 0.2) is 18.2 Å². The number of hydrogen-bond acceptors (Lipinski definition) is 6. The molecule has 2 fully saturated rings. The van der Waals surface area contributed by atoms with E-state index in [9.17, 15) is 4.79 Å². The fourth-order valence-electron chi connectivity index (χ4n) is 3.63. The second kappa shape index (κ2) is 6.90. The number of rotatable bonds is 4. The Morgan fingerprint density at radius 2 is 2.08 bits per heavy atom. The Balaban J connectivity index is 1.53. The molecule has 2 aliphatic rings. The Morgan fingerprint density at radius 1 is 1.32 bits per heavy atom. The van der Waals surface area contributed by atoms with Crippen LogP contribution in [0.1, 0.15) is 25.7 Å². The summed E-state index contributed by atoms with van der Waals surface area (Å²) in [4.78, 5) is 19.9. The molecule has 2 saturated heterocycles. The lowest BCUT2D eigenvalue weighted by Gasteiger charge is -2.34. The molecule has 2 aromatic rings. The first kappa shape index (κ1) is 16.8. The molecule has 4 rings (SSSR count). The third-order valence-electron chi connectivity index (χ3n) is 5.23. The molecule has 0 aliphatic carbocycles. The van der Waals surface area contributed by atoms with Crippen LogP contribution < -0.4 is 15.5 Å². The van der Waals surface area contributed by atoms with Crippen LogP contribution in [0.5, 0.6) is 0 Å². The van der Waals surface area contributed by atoms with Crippen molar-refractivity contribution in [3.8, 4) is 0 Å². The number of anilines is 2. The van der Waals surface area contributed by atoms with E-state index in [0.717, 1.165) is 47.2 Å². The SMILES string of the molecule is COC1(C(=O)Nc2ccc3nc(N4CCCC4)sc3c2)CCNCC1. The van der Waals surface area contributed by atoms with Gasteiger partial charge in [-0.05, 0) is 57.0 Å². The number of aromatic nitrogens is 1. The van der Waals surface area contributed by atoms with Gasteiger partial charge in [0.2, 0.25) is 0 Å². The van der Waals surface area contributed by atoms with Gasteiger partial charge in [0.05, 0.1) is 10.2 Å². The normalized spacial score (nSPS) is 20.1. The van der Waals surface area contributed by atoms with E-state index in [0.29, 0.717) is 12.8 Å². The van der Waals surface area contributed by atoms with Gasteiger partial charge in [0, 0.05) is 25.9 Å². The minimum atomic E-state index is -0.728. The van der Waals surface area contributed by atoms with Gasteiger partial charge in [0.15, 0.2) is 5.13 Å². The fraction of sp³-hybridized carbons (Fsp3) is 0.556. The number of amides is 1. The number of methoxy groups -OCH3 is 1. The smallest absolute Gasteiger partial charge is 0.256 e. The molecule has 1 aromatic carbocycles. The van der Waals surface area contributed by atoms with E-state index < -0.39 is 5.60 Å². The third kappa shape index (κ3) is 3.23. The highest BCUT2D eigenvalue weighted by molar-refractivity contribution is 7.22. The quantitative estimate of drug-likeness (QED) is 0.877. The highest BCUT2D eigenvalue weighted by atomic mass is 32.1. The van der Waals surface area contributed by atoms with Crippen molar-refractivity contribution in [3.63, 3.8) is 0 Å². The van der Waals surface area contributed by atoms with Crippen molar-refractivity contribution in [3.05, 3.63) is 18.2 Å². The van der Waals surface area contributed by atoms with E-state index in [1.54, 1.807) is 18.4 Å². The summed E-state index contributed by atoms with van der Waals surface area (Å²) in [5, 5.41) is 7.41. The second-order valence-electron chi connectivity index (χ2n) is 6.78. The molecule has 2 N–H and O–H groups in total. The molecule has 3 heterocycles. The summed E-state index contributed by atoms with van der Waals surface area (Å²) in [5.41, 5.74) is 1.08. The number of carbonyl (C=O) groups excluding carboxylic acids is 1. The summed E-state index contributed by atoms with van der Waals surface area (Å²) < 4.78 is 6.71. The van der Waals surface area contributed by atoms with Crippen LogP contribution in [0.2, 0.25) is 0 Å². The topological polar surface area (TPSA) is 66.5 Å². The standard InChI is InChI=1S/C18H24N4O2S/c1-24-18(6-8-19-9-7-18)16(23)20-13-4-5-14-15(12-13)25-17(21-14)22-10-2-3-11-22/h4-5,12,19H,2-3,6-11H2,1H3,(H,20,23). The van der Waals surface area contributed by atoms with Crippen LogP contribution in [0.25, 0.3) is 10.2 Å². The Hall–Kier alpha value is -1.70. The van der Waals surface area contributed by atoms with E-state index in [4.69, 9.17) is 9.72 Å². The lowest BCUT2D eigenvalue weighted by atomic mass is 9.91. The molecule has 0 saturated carbocycles. The van der Waals surface area contributed by atoms with Crippen molar-refractivity contribution in [1.82, 2.24) is 10.3 Å². The van der Waals surface area contributed by atoms with Crippen LogP contribution in [0.3, 0.4) is 0 Å². The highest BCUT2D eigenvalue weighted by Crippen LogP contribution is 2.33. The van der Waals surface area contributed by atoms with Crippen molar-refractivity contribution < 1.29 is 9.53 Å². The third-order valence-corrected chi connectivity index (χ3v) is 6.31. The van der Waals surface area contributed by atoms with E-state index in [1.165, 1.54) is 12.8 Å². The lowest BCUT2D eigenvalue weighted by Crippen LogP contribution is -2.51. The Bertz CT molecular complexity index is 764. The van der Waals surface area contributed by atoms with Crippen molar-refractivity contribution in [2.75, 3.05) is 43.5 Å². The first-order valence-corrected chi connectivity index (χ1v) is 9.75. The second-order valence-corrected chi connectivity index (χ2v) is 7.78. The number of nitrogens with zero attached hydrogens (tertiary/aromatic N) is 2. The van der Waals surface area contributed by atoms with Gasteiger partial charge >= 0.3 is 0 Å². The van der Waals surface area contributed by atoms with Crippen molar-refractivity contribution in [1.29, 1.82) is 0 Å². The molecule has 6 nitrogen and oxygen atoms in total. The van der Waals surface area contributed by atoms with Gasteiger partial charge < -0.3 is 20.3 Å². The maximum atomic E-state index is 12.8. The minimum absolute atomic E-state index is 0.0554. The maximum Gasteiger partial charge on any atom is 0.256 e. The number of benzene rings is 1. The van der Waals surface area contributed by atoms with Crippen LogP contribution in [-0.2, 0) is 9.53 Å². The van der Waals surface area contributed by atoms with Gasteiger partial charge in [-0.15, -0.1) is 0 Å². The largest absolute Gasteiger partial charge is 0.368 e. The molecule has 0 bridgehead atoms. The molecule has 2 aliphatic heterocycles. The summed E-state index contributed by atoms with van der Waals surface area (Å²) in [6, 6.07) is 5.94. The summed E-state index contributed by atoms with van der Waals surface area (Å²) in [6.07, 6.45) is 3.87. The summed E-state index contributed by atoms with van der Waals surface area (Å²) in [6.45, 7) is 3.78. The van der Waals surface area contributed by atoms with Gasteiger partial charge in [-0.3, -0.25) is 4.79 Å². The van der Waals surface area contributed by atoms with Gasteiger partial charge in [-0.25, -0.2) is 4.98 Å². The molecule has 0 radical (unpaired) electrons. The van der Waals surface area contributed by atoms with Crippen LogP contribution >= 0.6 is 11.3 Å². The number of fused-ring (bicyclic) bond motifs is 1. The summed E-state index contributed by atoms with van der Waals surface area (Å²) in [7, 11) is 1.62. The Kier molecular flexibility index (Phi) is 4.62. The van der Waals surface area contributed by atoms with Gasteiger partial charge in [0.1, 0.15) is 5.60 Å². The Labute approximate surface area is 151 Å². The van der Waals surface area contributed by atoms with Crippen molar-refractivity contribution in [2.24, 2.45) is 0 Å². The minimum Gasteiger partial charge on any atom is -0.368 e. The predicted octanol–water partition coefficient (Wildman–Crippen LogP) is 2.60. The zero-order valence-corrected chi connectivity index (χ0v) is 15.3. The number of hydrogen-bond donors (Lipinski definition) is 2. The summed E-state index contributed by atoms with van der Waals surface area (Å²) in [5.74, 6) is -0.0554. The average Bonchev–Trinajstić information content (AvgIpc) is 3.31. The van der Waals surface area contributed by atoms with Crippen LogP contribution in [0, 0.1) is 0 Å². The van der Waals surface area contributed by atoms with E-state index >= 15 is 0 Å². The molecular weight excluding hydrogens is 336 g/mol. The molecule has 0 unspecified atom stereocenters. The monoisotopic (exact) mass is 360 g/mol. The highest BCUT2D eigenvalue weighted by Gasteiger charge is 2.39. The molecule has 1 aromatic heterocycles. The molecule has 0 spiro atoms. The van der Waals surface area contributed by atoms with Gasteiger partial charge in [-0.1, -0.05) is 11.3 Å². The Morgan fingerprint density at radius 3 is 2.80 bits per heavy atom. The molecule has 134 valence electrons. The molecule has 1 amide bonds. The lowest BCUT2D eigenvalue weighted by molar-refractivity contribution is -0.140. The average molecular weight is 360 g/mol. The number of nitrogens with one attached hydrogen (secondary N) is 2. The predicted molar refractivity (Wildman–Crippen MR) is 102 cm³/mol. The van der Waals surface area contributed by atoms with E-state index in [-0.39, 0.29) is 5.91 Å². The zero-order valence-electron chi connectivity index (χ0n) is 14.5. The van der Waals surface area contributed by atoms with Gasteiger partial charge in [-0.2, -0.15) is 0 Å². The van der Waals surface area contributed by atoms with Crippen molar-refractivity contribution in [2.45, 2.75) is 31.3 Å². The number of ether oxygens (including phenoxy) is 1. The zero-order chi connectivity index (χ0) is 17.3. The molecule has 25 heavy (non-hydrogen) atoms. The number of thiazole rings is 1. The maximum absolute atomic E-state index is 12.8. The first-order chi connectivity index (χ1) is 12.2. The first-order valence-electron chi connectivity index (χ1n) is 8.93.